The van der Waals surface area contributed by atoms with Gasteiger partial charge < -0.3 is 36.6 Å². The third-order valence-corrected chi connectivity index (χ3v) is 5.26. The van der Waals surface area contributed by atoms with Crippen molar-refractivity contribution in [1.82, 2.24) is 16.0 Å². The summed E-state index contributed by atoms with van der Waals surface area (Å²) in [6, 6.07) is 1.87. The highest BCUT2D eigenvalue weighted by molar-refractivity contribution is 5.90. The molecular weight excluding hydrogens is 473 g/mol. The maximum atomic E-state index is 13.1. The first-order valence-corrected chi connectivity index (χ1v) is 11.0. The molecule has 7 N–H and O–H groups in total. The second-order valence-electron chi connectivity index (χ2n) is 8.31. The van der Waals surface area contributed by atoms with E-state index in [-0.39, 0.29) is 18.5 Å². The van der Waals surface area contributed by atoms with Crippen molar-refractivity contribution >= 4 is 17.9 Å². The van der Waals surface area contributed by atoms with Crippen LogP contribution in [0.2, 0.25) is 0 Å². The first-order valence-electron chi connectivity index (χ1n) is 11.0. The van der Waals surface area contributed by atoms with Crippen LogP contribution in [-0.2, 0) is 9.59 Å². The van der Waals surface area contributed by atoms with Crippen molar-refractivity contribution in [3.8, 4) is 5.75 Å². The Kier molecular flexibility index (Phi) is 11.8. The van der Waals surface area contributed by atoms with Crippen molar-refractivity contribution < 1.29 is 42.5 Å². The summed E-state index contributed by atoms with van der Waals surface area (Å²) in [5.41, 5.74) is 6.16. The average Bonchev–Trinajstić information content (AvgIpc) is 2.78. The number of methoxy groups -OCH3 is 1. The number of amides is 3. The van der Waals surface area contributed by atoms with Gasteiger partial charge in [-0.15, -0.1) is 0 Å². The lowest BCUT2D eigenvalue weighted by atomic mass is 9.96. The molecule has 0 unspecified atom stereocenters. The van der Waals surface area contributed by atoms with E-state index in [9.17, 15) is 32.7 Å². The molecular formula is C22H33F3N4O6. The van der Waals surface area contributed by atoms with Crippen LogP contribution in [0.5, 0.6) is 5.75 Å². The largest absolute Gasteiger partial charge is 0.497 e. The van der Waals surface area contributed by atoms with Crippen LogP contribution >= 0.6 is 0 Å². The Morgan fingerprint density at radius 2 is 1.66 bits per heavy atom. The number of alkyl halides is 3. The molecule has 13 heteroatoms. The summed E-state index contributed by atoms with van der Waals surface area (Å²) in [7, 11) is 1.43. The van der Waals surface area contributed by atoms with E-state index < -0.39 is 54.2 Å². The number of aliphatic hydroxyl groups excluding tert-OH is 1. The molecule has 0 heterocycles. The maximum Gasteiger partial charge on any atom is 0.416 e. The zero-order chi connectivity index (χ0) is 26.8. The van der Waals surface area contributed by atoms with Gasteiger partial charge in [-0.2, -0.15) is 13.2 Å². The van der Waals surface area contributed by atoms with Crippen LogP contribution in [0.3, 0.4) is 0 Å². The molecule has 0 fully saturated rings. The van der Waals surface area contributed by atoms with Gasteiger partial charge in [-0.3, -0.25) is 9.59 Å². The Morgan fingerprint density at radius 1 is 1.06 bits per heavy atom. The second kappa shape index (κ2) is 13.7. The second-order valence-corrected chi connectivity index (χ2v) is 8.31. The minimum absolute atomic E-state index is 0.179. The van der Waals surface area contributed by atoms with Gasteiger partial charge in [0.25, 0.3) is 0 Å². The van der Waals surface area contributed by atoms with E-state index in [2.05, 4.69) is 16.0 Å². The van der Waals surface area contributed by atoms with Gasteiger partial charge >= 0.3 is 12.3 Å². The number of nitrogens with one attached hydrogen (secondary N) is 3. The number of carbonyl (C=O) groups excluding carboxylic acids is 2. The number of nitrogens with two attached hydrogens (primary N) is 1. The van der Waals surface area contributed by atoms with Crippen molar-refractivity contribution in [2.45, 2.75) is 63.5 Å². The molecule has 0 bridgehead atoms. The van der Waals surface area contributed by atoms with Crippen LogP contribution in [0, 0.1) is 5.92 Å². The summed E-state index contributed by atoms with van der Waals surface area (Å²) in [6.07, 6.45) is -7.90. The molecule has 198 valence electrons. The van der Waals surface area contributed by atoms with E-state index in [0.717, 1.165) is 0 Å². The van der Waals surface area contributed by atoms with Gasteiger partial charge in [0, 0.05) is 6.54 Å². The van der Waals surface area contributed by atoms with Gasteiger partial charge in [0.15, 0.2) is 6.10 Å². The summed E-state index contributed by atoms with van der Waals surface area (Å²) in [5.74, 6) is -1.99. The number of ether oxygens (including phenoxy) is 1. The first-order chi connectivity index (χ1) is 16.3. The molecule has 4 atom stereocenters. The smallest absolute Gasteiger partial charge is 0.416 e. The molecule has 0 aliphatic heterocycles. The van der Waals surface area contributed by atoms with Crippen molar-refractivity contribution in [2.24, 2.45) is 11.7 Å². The minimum atomic E-state index is -4.96. The number of unbranched alkanes of at least 4 members (excludes halogenated alkanes) is 1. The summed E-state index contributed by atoms with van der Waals surface area (Å²) >= 11 is 0. The van der Waals surface area contributed by atoms with Gasteiger partial charge in [-0.25, -0.2) is 4.79 Å². The van der Waals surface area contributed by atoms with Gasteiger partial charge in [-0.05, 0) is 42.9 Å². The number of halogens is 3. The van der Waals surface area contributed by atoms with Crippen LogP contribution in [0.4, 0.5) is 18.0 Å². The molecule has 1 rings (SSSR count). The number of carbonyl (C=O) groups is 3. The number of benzene rings is 1. The fourth-order valence-electron chi connectivity index (χ4n) is 3.22. The first kappa shape index (κ1) is 30.0. The van der Waals surface area contributed by atoms with Gasteiger partial charge in [-0.1, -0.05) is 26.0 Å². The molecule has 0 aromatic heterocycles. The number of hydrogen-bond donors (Lipinski definition) is 6. The highest BCUT2D eigenvalue weighted by Gasteiger charge is 2.45. The van der Waals surface area contributed by atoms with Crippen molar-refractivity contribution in [3.63, 3.8) is 0 Å². The fourth-order valence-corrected chi connectivity index (χ4v) is 3.22. The molecule has 0 saturated heterocycles. The highest BCUT2D eigenvalue weighted by atomic mass is 19.4. The number of rotatable bonds is 13. The summed E-state index contributed by atoms with van der Waals surface area (Å²) in [5, 5.41) is 25.1. The van der Waals surface area contributed by atoms with Gasteiger partial charge in [0.05, 0.1) is 19.2 Å². The van der Waals surface area contributed by atoms with Crippen LogP contribution in [0.15, 0.2) is 24.3 Å². The minimum Gasteiger partial charge on any atom is -0.497 e. The lowest BCUT2D eigenvalue weighted by molar-refractivity contribution is -0.215. The lowest BCUT2D eigenvalue weighted by Crippen LogP contribution is -2.55. The van der Waals surface area contributed by atoms with E-state index in [1.54, 1.807) is 0 Å². The molecule has 1 aromatic rings. The van der Waals surface area contributed by atoms with Crippen molar-refractivity contribution in [2.75, 3.05) is 13.7 Å². The monoisotopic (exact) mass is 506 g/mol. The predicted molar refractivity (Wildman–Crippen MR) is 121 cm³/mol. The zero-order valence-corrected chi connectivity index (χ0v) is 19.8. The van der Waals surface area contributed by atoms with Crippen molar-refractivity contribution in [1.29, 1.82) is 0 Å². The maximum absolute atomic E-state index is 13.1. The SMILES string of the molecule is COc1ccc([C@H](NC(=O)[C@@H](N)CCCCNC(=O)O)C(=O)N[C@@H](C(C)C)[C@H](O)C(F)(F)F)cc1. The molecule has 10 nitrogen and oxygen atoms in total. The Hall–Kier alpha value is -3.06. The molecule has 0 aliphatic rings. The molecule has 35 heavy (non-hydrogen) atoms. The van der Waals surface area contributed by atoms with E-state index in [0.29, 0.717) is 18.6 Å². The Labute approximate surface area is 201 Å². The van der Waals surface area contributed by atoms with Gasteiger partial charge in [0.1, 0.15) is 11.8 Å². The number of aliphatic hydroxyl groups is 1. The Morgan fingerprint density at radius 3 is 2.14 bits per heavy atom. The highest BCUT2D eigenvalue weighted by Crippen LogP contribution is 2.26. The normalized spacial score (nSPS) is 15.0. The predicted octanol–water partition coefficient (Wildman–Crippen LogP) is 1.68. The van der Waals surface area contributed by atoms with E-state index >= 15 is 0 Å². The third kappa shape index (κ3) is 9.99. The molecule has 1 aromatic carbocycles. The van der Waals surface area contributed by atoms with E-state index in [4.69, 9.17) is 15.6 Å². The molecule has 0 aliphatic carbocycles. The summed E-state index contributed by atoms with van der Waals surface area (Å²) in [6.45, 7) is 3.00. The standard InChI is InChI=1S/C22H33F3N4O6/c1-12(2)16(18(30)22(23,24)25)28-20(32)17(13-7-9-14(35-3)10-8-13)29-19(31)15(26)6-4-5-11-27-21(33)34/h7-10,12,15-18,27,30H,4-6,11,26H2,1-3H3,(H,28,32)(H,29,31)(H,33,34)/t15-,16-,17-,18-/m0/s1. The van der Waals surface area contributed by atoms with E-state index in [1.165, 1.54) is 45.2 Å². The number of carboxylic acid groups (broad SMARTS) is 1. The lowest BCUT2D eigenvalue weighted by Gasteiger charge is -2.31. The molecule has 3 amide bonds. The van der Waals surface area contributed by atoms with E-state index in [1.807, 2.05) is 0 Å². The van der Waals surface area contributed by atoms with Crippen LogP contribution < -0.4 is 26.4 Å². The third-order valence-electron chi connectivity index (χ3n) is 5.26. The molecule has 0 radical (unpaired) electrons. The summed E-state index contributed by atoms with van der Waals surface area (Å²) < 4.78 is 44.4. The van der Waals surface area contributed by atoms with Crippen molar-refractivity contribution in [3.05, 3.63) is 29.8 Å². The molecule has 0 saturated carbocycles. The summed E-state index contributed by atoms with van der Waals surface area (Å²) in [4.78, 5) is 36.1. The van der Waals surface area contributed by atoms with Crippen LogP contribution in [0.25, 0.3) is 0 Å². The van der Waals surface area contributed by atoms with Gasteiger partial charge in [0.2, 0.25) is 11.8 Å². The van der Waals surface area contributed by atoms with Crippen LogP contribution in [-0.4, -0.2) is 66.1 Å². The Bertz CT molecular complexity index is 835. The Balaban J connectivity index is 3.01. The zero-order valence-electron chi connectivity index (χ0n) is 19.8. The topological polar surface area (TPSA) is 163 Å². The fraction of sp³-hybridized carbons (Fsp3) is 0.591. The average molecular weight is 507 g/mol. The van der Waals surface area contributed by atoms with Crippen LogP contribution in [0.1, 0.15) is 44.7 Å². The number of hydrogen-bond acceptors (Lipinski definition) is 6. The molecule has 0 spiro atoms. The quantitative estimate of drug-likeness (QED) is 0.222.